The molecule has 5 rings (SSSR count). The van der Waals surface area contributed by atoms with Crippen LogP contribution >= 0.6 is 34.5 Å². The quantitative estimate of drug-likeness (QED) is 0.235. The first-order valence-electron chi connectivity index (χ1n) is 12.2. The zero-order valence-corrected chi connectivity index (χ0v) is 22.8. The van der Waals surface area contributed by atoms with E-state index in [0.717, 1.165) is 23.1 Å². The van der Waals surface area contributed by atoms with E-state index in [-0.39, 0.29) is 37.6 Å². The molecule has 0 fully saturated rings. The molecule has 1 aliphatic rings. The van der Waals surface area contributed by atoms with E-state index in [1.54, 1.807) is 46.8 Å². The van der Waals surface area contributed by atoms with Crippen LogP contribution in [-0.4, -0.2) is 41.3 Å². The summed E-state index contributed by atoms with van der Waals surface area (Å²) in [5.41, 5.74) is 2.82. The van der Waals surface area contributed by atoms with E-state index < -0.39 is 0 Å². The molecule has 4 aromatic rings. The van der Waals surface area contributed by atoms with Gasteiger partial charge in [0.15, 0.2) is 0 Å². The zero-order valence-electron chi connectivity index (χ0n) is 20.5. The standard InChI is InChI=1S/C29H26Cl2N2O4S/c30-21-8-9-23(25(31)15-21)29-24-11-14-38-26(24)10-12-33(29)27(34)17-32(16-22-7-4-13-37-22)28(35)19-36-18-20-5-2-1-3-6-20/h1-9,11,13-15,29H,10,12,16-19H2. The molecule has 1 aliphatic heterocycles. The molecule has 0 radical (unpaired) electrons. The second-order valence-corrected chi connectivity index (χ2v) is 10.9. The van der Waals surface area contributed by atoms with E-state index in [4.69, 9.17) is 32.4 Å². The van der Waals surface area contributed by atoms with Crippen LogP contribution in [0.4, 0.5) is 0 Å². The molecule has 2 aromatic heterocycles. The van der Waals surface area contributed by atoms with Crippen LogP contribution < -0.4 is 0 Å². The zero-order chi connectivity index (χ0) is 26.5. The Bertz CT molecular complexity index is 1390. The highest BCUT2D eigenvalue weighted by atomic mass is 35.5. The van der Waals surface area contributed by atoms with Gasteiger partial charge in [-0.1, -0.05) is 59.6 Å². The van der Waals surface area contributed by atoms with Gasteiger partial charge in [-0.25, -0.2) is 0 Å². The lowest BCUT2D eigenvalue weighted by Gasteiger charge is -2.38. The molecular formula is C29H26Cl2N2O4S. The maximum absolute atomic E-state index is 13.8. The van der Waals surface area contributed by atoms with Crippen LogP contribution in [0.2, 0.25) is 10.0 Å². The minimum atomic E-state index is -0.364. The SMILES string of the molecule is O=C(COCc1ccccc1)N(CC(=O)N1CCc2sccc2C1c1ccc(Cl)cc1Cl)Cc1ccco1. The molecule has 2 aromatic carbocycles. The number of furan rings is 1. The molecule has 0 bridgehead atoms. The fourth-order valence-electron chi connectivity index (χ4n) is 4.64. The number of thiophene rings is 1. The van der Waals surface area contributed by atoms with Crippen LogP contribution in [0.15, 0.2) is 82.8 Å². The van der Waals surface area contributed by atoms with Gasteiger partial charge in [0, 0.05) is 21.5 Å². The maximum Gasteiger partial charge on any atom is 0.249 e. The molecule has 0 spiro atoms. The van der Waals surface area contributed by atoms with E-state index in [1.807, 2.05) is 47.8 Å². The van der Waals surface area contributed by atoms with E-state index >= 15 is 0 Å². The number of ether oxygens (including phenoxy) is 1. The topological polar surface area (TPSA) is 63.0 Å². The highest BCUT2D eigenvalue weighted by Gasteiger charge is 2.35. The van der Waals surface area contributed by atoms with Crippen molar-refractivity contribution in [3.8, 4) is 0 Å². The lowest BCUT2D eigenvalue weighted by atomic mass is 9.93. The predicted octanol–water partition coefficient (Wildman–Crippen LogP) is 6.37. The molecule has 9 heteroatoms. The predicted molar refractivity (Wildman–Crippen MR) is 148 cm³/mol. The Morgan fingerprint density at radius 3 is 2.66 bits per heavy atom. The van der Waals surface area contributed by atoms with Gasteiger partial charge in [-0.2, -0.15) is 0 Å². The third-order valence-corrected chi connectivity index (χ3v) is 8.04. The highest BCUT2D eigenvalue weighted by Crippen LogP contribution is 2.41. The molecule has 0 aliphatic carbocycles. The van der Waals surface area contributed by atoms with Gasteiger partial charge >= 0.3 is 0 Å². The summed E-state index contributed by atoms with van der Waals surface area (Å²) < 4.78 is 11.2. The van der Waals surface area contributed by atoms with E-state index in [2.05, 4.69) is 0 Å². The van der Waals surface area contributed by atoms with Crippen LogP contribution in [0.25, 0.3) is 0 Å². The molecule has 2 amide bonds. The molecule has 0 saturated heterocycles. The average molecular weight is 570 g/mol. The molecule has 1 unspecified atom stereocenters. The van der Waals surface area contributed by atoms with Crippen molar-refractivity contribution >= 4 is 46.4 Å². The Balaban J connectivity index is 1.35. The van der Waals surface area contributed by atoms with Crippen LogP contribution in [0.1, 0.15) is 33.4 Å². The maximum atomic E-state index is 13.8. The van der Waals surface area contributed by atoms with Crippen molar-refractivity contribution in [2.24, 2.45) is 0 Å². The smallest absolute Gasteiger partial charge is 0.249 e. The van der Waals surface area contributed by atoms with Gasteiger partial charge in [0.2, 0.25) is 11.8 Å². The lowest BCUT2D eigenvalue weighted by molar-refractivity contribution is -0.145. The van der Waals surface area contributed by atoms with Crippen molar-refractivity contribution in [1.29, 1.82) is 0 Å². The summed E-state index contributed by atoms with van der Waals surface area (Å²) in [7, 11) is 0. The number of amides is 2. The van der Waals surface area contributed by atoms with Gasteiger partial charge in [-0.05, 0) is 58.8 Å². The minimum absolute atomic E-state index is 0.116. The van der Waals surface area contributed by atoms with Crippen molar-refractivity contribution in [3.05, 3.63) is 116 Å². The van der Waals surface area contributed by atoms with Crippen molar-refractivity contribution < 1.29 is 18.7 Å². The summed E-state index contributed by atoms with van der Waals surface area (Å²) >= 11 is 14.4. The first-order chi connectivity index (χ1) is 18.5. The van der Waals surface area contributed by atoms with E-state index in [9.17, 15) is 9.59 Å². The molecule has 6 nitrogen and oxygen atoms in total. The molecule has 1 atom stereocenters. The number of carbonyl (C=O) groups excluding carboxylic acids is 2. The van der Waals surface area contributed by atoms with Gasteiger partial charge in [0.05, 0.1) is 25.5 Å². The third-order valence-electron chi connectivity index (χ3n) is 6.49. The van der Waals surface area contributed by atoms with Crippen molar-refractivity contribution in [2.75, 3.05) is 19.7 Å². The van der Waals surface area contributed by atoms with Crippen molar-refractivity contribution in [1.82, 2.24) is 9.80 Å². The van der Waals surface area contributed by atoms with Crippen LogP contribution in [0, 0.1) is 0 Å². The van der Waals surface area contributed by atoms with Gasteiger partial charge in [-0.15, -0.1) is 11.3 Å². The fraction of sp³-hybridized carbons (Fsp3) is 0.241. The van der Waals surface area contributed by atoms with Crippen LogP contribution in [-0.2, 0) is 33.9 Å². The van der Waals surface area contributed by atoms with Crippen molar-refractivity contribution in [2.45, 2.75) is 25.6 Å². The molecular weight excluding hydrogens is 543 g/mol. The van der Waals surface area contributed by atoms with Crippen LogP contribution in [0.5, 0.6) is 0 Å². The summed E-state index contributed by atoms with van der Waals surface area (Å²) in [5.74, 6) is 0.117. The van der Waals surface area contributed by atoms with Gasteiger partial charge in [0.25, 0.3) is 0 Å². The average Bonchev–Trinajstić information content (AvgIpc) is 3.61. The summed E-state index contributed by atoms with van der Waals surface area (Å²) in [6, 6.07) is 20.2. The van der Waals surface area contributed by atoms with E-state index in [1.165, 1.54) is 9.78 Å². The first kappa shape index (κ1) is 26.5. The number of rotatable bonds is 9. The number of hydrogen-bond acceptors (Lipinski definition) is 5. The first-order valence-corrected chi connectivity index (χ1v) is 13.9. The minimum Gasteiger partial charge on any atom is -0.467 e. The second kappa shape index (κ2) is 12.2. The fourth-order valence-corrected chi connectivity index (χ4v) is 6.06. The number of halogens is 2. The Labute approximate surface area is 235 Å². The summed E-state index contributed by atoms with van der Waals surface area (Å²) in [5, 5.41) is 3.06. The number of carbonyl (C=O) groups is 2. The van der Waals surface area contributed by atoms with Gasteiger partial charge in [0.1, 0.15) is 18.9 Å². The molecule has 38 heavy (non-hydrogen) atoms. The molecule has 0 N–H and O–H groups in total. The van der Waals surface area contributed by atoms with Crippen molar-refractivity contribution in [3.63, 3.8) is 0 Å². The normalized spacial score (nSPS) is 14.8. The monoisotopic (exact) mass is 568 g/mol. The Kier molecular flexibility index (Phi) is 8.49. The number of benzene rings is 2. The molecule has 3 heterocycles. The van der Waals surface area contributed by atoms with E-state index in [0.29, 0.717) is 29.0 Å². The Morgan fingerprint density at radius 1 is 1.05 bits per heavy atom. The summed E-state index contributed by atoms with van der Waals surface area (Å²) in [4.78, 5) is 31.6. The Hall–Kier alpha value is -3.10. The Morgan fingerprint density at radius 2 is 1.89 bits per heavy atom. The van der Waals surface area contributed by atoms with Crippen LogP contribution in [0.3, 0.4) is 0 Å². The summed E-state index contributed by atoms with van der Waals surface area (Å²) in [6.07, 6.45) is 2.29. The molecule has 196 valence electrons. The highest BCUT2D eigenvalue weighted by molar-refractivity contribution is 7.10. The lowest BCUT2D eigenvalue weighted by Crippen LogP contribution is -2.47. The summed E-state index contributed by atoms with van der Waals surface area (Å²) in [6.45, 7) is 0.720. The largest absolute Gasteiger partial charge is 0.467 e. The number of fused-ring (bicyclic) bond motifs is 1. The van der Waals surface area contributed by atoms with Gasteiger partial charge in [-0.3, -0.25) is 9.59 Å². The number of hydrogen-bond donors (Lipinski definition) is 0. The van der Waals surface area contributed by atoms with Gasteiger partial charge < -0.3 is 19.0 Å². The third kappa shape index (κ3) is 6.13. The number of nitrogens with zero attached hydrogens (tertiary/aromatic N) is 2. The second-order valence-electron chi connectivity index (χ2n) is 9.01. The molecule has 0 saturated carbocycles.